The minimum absolute atomic E-state index is 0.0600. The van der Waals surface area contributed by atoms with Gasteiger partial charge >= 0.3 is 6.18 Å². The normalized spacial score (nSPS) is 12.6. The molecule has 0 unspecified atom stereocenters. The van der Waals surface area contributed by atoms with Gasteiger partial charge in [0.05, 0.1) is 16.4 Å². The van der Waals surface area contributed by atoms with Crippen LogP contribution < -0.4 is 11.1 Å². The summed E-state index contributed by atoms with van der Waals surface area (Å²) in [6.07, 6.45) is -4.00. The first kappa shape index (κ1) is 24.7. The molecule has 3 rings (SSSR count). The van der Waals surface area contributed by atoms with Crippen LogP contribution in [0.2, 0.25) is 5.02 Å². The summed E-state index contributed by atoms with van der Waals surface area (Å²) in [5, 5.41) is 11.1. The third-order valence-electron chi connectivity index (χ3n) is 4.05. The SMILES string of the molecule is CCSc1nnc(NC(=O)c2ccc(C(/C=C(\N)C(F)(F)F)=Nc3ccccc3Cl)cc2)s1. The molecule has 3 aromatic rings. The molecule has 0 saturated heterocycles. The van der Waals surface area contributed by atoms with Crippen molar-refractivity contribution in [3.05, 3.63) is 76.5 Å². The van der Waals surface area contributed by atoms with Gasteiger partial charge in [0, 0.05) is 11.1 Å². The fourth-order valence-corrected chi connectivity index (χ4v) is 4.31. The molecule has 0 spiro atoms. The Morgan fingerprint density at radius 1 is 1.18 bits per heavy atom. The van der Waals surface area contributed by atoms with Crippen molar-refractivity contribution >= 4 is 57.1 Å². The number of aromatic nitrogens is 2. The van der Waals surface area contributed by atoms with Crippen molar-refractivity contribution in [2.75, 3.05) is 11.1 Å². The molecule has 2 aromatic carbocycles. The van der Waals surface area contributed by atoms with Crippen molar-refractivity contribution in [2.45, 2.75) is 17.4 Å². The summed E-state index contributed by atoms with van der Waals surface area (Å²) >= 11 is 8.86. The number of carbonyl (C=O) groups is 1. The average Bonchev–Trinajstić information content (AvgIpc) is 3.21. The first-order valence-corrected chi connectivity index (χ1v) is 11.6. The molecule has 3 N–H and O–H groups in total. The monoisotopic (exact) mass is 511 g/mol. The Kier molecular flexibility index (Phi) is 8.11. The Morgan fingerprint density at radius 3 is 2.48 bits per heavy atom. The van der Waals surface area contributed by atoms with Crippen LogP contribution in [0.1, 0.15) is 22.8 Å². The van der Waals surface area contributed by atoms with Gasteiger partial charge in [0.15, 0.2) is 4.34 Å². The highest BCUT2D eigenvalue weighted by atomic mass is 35.5. The Hall–Kier alpha value is -2.89. The lowest BCUT2D eigenvalue weighted by atomic mass is 10.1. The lowest BCUT2D eigenvalue weighted by molar-refractivity contribution is -0.0925. The number of rotatable bonds is 7. The van der Waals surface area contributed by atoms with Crippen molar-refractivity contribution < 1.29 is 18.0 Å². The quantitative estimate of drug-likeness (QED) is 0.228. The van der Waals surface area contributed by atoms with Crippen LogP contribution in [0.3, 0.4) is 0 Å². The standard InChI is InChI=1S/C21H17ClF3N5OS2/c1-2-32-20-30-29-19(33-20)28-18(31)13-9-7-12(8-10-13)16(11-17(26)21(23,24)25)27-15-6-4-3-5-14(15)22/h3-11H,2,26H2,1H3,(H,28,29,31)/b17-11-,27-16?. The maximum absolute atomic E-state index is 13.0. The molecule has 0 fully saturated rings. The maximum Gasteiger partial charge on any atom is 0.430 e. The summed E-state index contributed by atoms with van der Waals surface area (Å²) in [5.41, 5.74) is 4.71. The van der Waals surface area contributed by atoms with Crippen LogP contribution in [0, 0.1) is 0 Å². The molecule has 33 heavy (non-hydrogen) atoms. The highest BCUT2D eigenvalue weighted by Gasteiger charge is 2.31. The second-order valence-electron chi connectivity index (χ2n) is 6.38. The van der Waals surface area contributed by atoms with Crippen LogP contribution in [0.25, 0.3) is 0 Å². The molecule has 0 saturated carbocycles. The molecular formula is C21H17ClF3N5OS2. The Labute approximate surface area is 200 Å². The van der Waals surface area contributed by atoms with E-state index in [2.05, 4.69) is 20.5 Å². The Bertz CT molecular complexity index is 1190. The zero-order valence-corrected chi connectivity index (χ0v) is 19.4. The van der Waals surface area contributed by atoms with Crippen LogP contribution in [-0.2, 0) is 0 Å². The zero-order chi connectivity index (χ0) is 24.0. The number of para-hydroxylation sites is 1. The largest absolute Gasteiger partial charge is 0.430 e. The number of halogens is 4. The second kappa shape index (κ2) is 10.8. The molecule has 0 bridgehead atoms. The molecule has 0 aliphatic heterocycles. The number of anilines is 1. The van der Waals surface area contributed by atoms with Gasteiger partial charge in [-0.15, -0.1) is 10.2 Å². The number of thioether (sulfide) groups is 1. The van der Waals surface area contributed by atoms with E-state index in [-0.39, 0.29) is 22.0 Å². The van der Waals surface area contributed by atoms with E-state index in [1.165, 1.54) is 47.4 Å². The van der Waals surface area contributed by atoms with Gasteiger partial charge in [-0.25, -0.2) is 4.99 Å². The molecular weight excluding hydrogens is 495 g/mol. The van der Waals surface area contributed by atoms with E-state index in [1.807, 2.05) is 6.92 Å². The van der Waals surface area contributed by atoms with Crippen molar-refractivity contribution in [1.82, 2.24) is 10.2 Å². The number of allylic oxidation sites excluding steroid dienone is 2. The average molecular weight is 512 g/mol. The summed E-state index contributed by atoms with van der Waals surface area (Å²) < 4.78 is 39.8. The number of carbonyl (C=O) groups excluding carboxylic acids is 1. The number of nitrogens with two attached hydrogens (primary N) is 1. The van der Waals surface area contributed by atoms with Gasteiger partial charge in [0.2, 0.25) is 5.13 Å². The number of nitrogens with one attached hydrogen (secondary N) is 1. The van der Waals surface area contributed by atoms with E-state index in [1.54, 1.807) is 24.3 Å². The third kappa shape index (κ3) is 6.80. The number of alkyl halides is 3. The highest BCUT2D eigenvalue weighted by molar-refractivity contribution is 8.01. The Balaban J connectivity index is 1.88. The molecule has 0 aliphatic carbocycles. The van der Waals surface area contributed by atoms with E-state index in [9.17, 15) is 18.0 Å². The van der Waals surface area contributed by atoms with Gasteiger partial charge in [-0.1, -0.05) is 65.9 Å². The topological polar surface area (TPSA) is 93.3 Å². The van der Waals surface area contributed by atoms with Crippen LogP contribution in [0.5, 0.6) is 0 Å². The molecule has 12 heteroatoms. The maximum atomic E-state index is 13.0. The first-order chi connectivity index (χ1) is 15.7. The highest BCUT2D eigenvalue weighted by Crippen LogP contribution is 2.28. The first-order valence-electron chi connectivity index (χ1n) is 9.43. The molecule has 172 valence electrons. The number of hydrogen-bond acceptors (Lipinski definition) is 7. The van der Waals surface area contributed by atoms with Gasteiger partial charge in [-0.2, -0.15) is 13.2 Å². The summed E-state index contributed by atoms with van der Waals surface area (Å²) in [6, 6.07) is 12.3. The fourth-order valence-electron chi connectivity index (χ4n) is 2.49. The number of nitrogens with zero attached hydrogens (tertiary/aromatic N) is 3. The lowest BCUT2D eigenvalue weighted by Crippen LogP contribution is -2.21. The summed E-state index contributed by atoms with van der Waals surface area (Å²) in [4.78, 5) is 16.8. The summed E-state index contributed by atoms with van der Waals surface area (Å²) in [6.45, 7) is 1.98. The smallest absolute Gasteiger partial charge is 0.395 e. The van der Waals surface area contributed by atoms with Gasteiger partial charge in [0.1, 0.15) is 5.70 Å². The van der Waals surface area contributed by atoms with Crippen LogP contribution in [0.15, 0.2) is 69.6 Å². The van der Waals surface area contributed by atoms with Crippen LogP contribution >= 0.6 is 34.7 Å². The minimum Gasteiger partial charge on any atom is -0.395 e. The predicted octanol–water partition coefficient (Wildman–Crippen LogP) is 6.08. The number of aliphatic imine (C=N–C) groups is 1. The molecule has 0 aliphatic rings. The number of amides is 1. The fraction of sp³-hybridized carbons (Fsp3) is 0.143. The molecule has 6 nitrogen and oxygen atoms in total. The molecule has 1 heterocycles. The van der Waals surface area contributed by atoms with Crippen molar-refractivity contribution in [3.63, 3.8) is 0 Å². The van der Waals surface area contributed by atoms with Crippen LogP contribution in [-0.4, -0.2) is 33.7 Å². The third-order valence-corrected chi connectivity index (χ3v) is 6.22. The second-order valence-corrected chi connectivity index (χ2v) is 9.28. The van der Waals surface area contributed by atoms with Crippen LogP contribution in [0.4, 0.5) is 24.0 Å². The minimum atomic E-state index is -4.72. The van der Waals surface area contributed by atoms with Gasteiger partial charge in [0.25, 0.3) is 5.91 Å². The summed E-state index contributed by atoms with van der Waals surface area (Å²) in [5.74, 6) is 0.399. The predicted molar refractivity (Wildman–Crippen MR) is 127 cm³/mol. The van der Waals surface area contributed by atoms with Crippen molar-refractivity contribution in [3.8, 4) is 0 Å². The zero-order valence-electron chi connectivity index (χ0n) is 17.1. The van der Waals surface area contributed by atoms with E-state index < -0.39 is 17.8 Å². The molecule has 1 amide bonds. The summed E-state index contributed by atoms with van der Waals surface area (Å²) in [7, 11) is 0. The van der Waals surface area contributed by atoms with Crippen molar-refractivity contribution in [2.24, 2.45) is 10.7 Å². The molecule has 0 radical (unpaired) electrons. The van der Waals surface area contributed by atoms with Gasteiger partial charge < -0.3 is 5.73 Å². The van der Waals surface area contributed by atoms with E-state index in [4.69, 9.17) is 17.3 Å². The number of benzene rings is 2. The number of hydrogen-bond donors (Lipinski definition) is 2. The van der Waals surface area contributed by atoms with E-state index in [0.29, 0.717) is 10.7 Å². The van der Waals surface area contributed by atoms with Gasteiger partial charge in [-0.05, 0) is 36.1 Å². The lowest BCUT2D eigenvalue weighted by Gasteiger charge is -2.09. The van der Waals surface area contributed by atoms with Crippen molar-refractivity contribution in [1.29, 1.82) is 0 Å². The van der Waals surface area contributed by atoms with E-state index in [0.717, 1.165) is 16.2 Å². The molecule has 0 atom stereocenters. The molecule has 1 aromatic heterocycles. The van der Waals surface area contributed by atoms with E-state index >= 15 is 0 Å². The van der Waals surface area contributed by atoms with Gasteiger partial charge in [-0.3, -0.25) is 10.1 Å². The Morgan fingerprint density at radius 2 is 1.85 bits per heavy atom.